The lowest BCUT2D eigenvalue weighted by atomic mass is 10.2. The van der Waals surface area contributed by atoms with Crippen molar-refractivity contribution in [2.45, 2.75) is 25.2 Å². The van der Waals surface area contributed by atoms with Crippen molar-refractivity contribution in [3.05, 3.63) is 54.1 Å². The molecule has 126 valence electrons. The van der Waals surface area contributed by atoms with Gasteiger partial charge in [0.2, 0.25) is 0 Å². The first-order chi connectivity index (χ1) is 11.8. The summed E-state index contributed by atoms with van der Waals surface area (Å²) in [6.07, 6.45) is 0. The van der Waals surface area contributed by atoms with Gasteiger partial charge in [0, 0.05) is 6.54 Å². The van der Waals surface area contributed by atoms with Crippen LogP contribution in [-0.4, -0.2) is 29.0 Å². The predicted molar refractivity (Wildman–Crippen MR) is 98.8 cm³/mol. The van der Waals surface area contributed by atoms with E-state index in [1.807, 2.05) is 30.3 Å². The number of thioether (sulfide) groups is 1. The quantitative estimate of drug-likeness (QED) is 0.450. The highest BCUT2D eigenvalue weighted by Gasteiger charge is 2.09. The van der Waals surface area contributed by atoms with E-state index in [9.17, 15) is 0 Å². The Bertz CT molecular complexity index is 784. The first-order valence-corrected chi connectivity index (χ1v) is 9.09. The topological polar surface area (TPSA) is 36.3 Å². The number of methoxy groups -OCH3 is 1. The molecule has 0 aliphatic heterocycles. The molecule has 0 N–H and O–H groups in total. The maximum Gasteiger partial charge on any atom is 0.169 e. The van der Waals surface area contributed by atoms with E-state index in [-0.39, 0.29) is 0 Å². The molecule has 1 heterocycles. The number of fused-ring (bicyclic) bond motifs is 1. The normalized spacial score (nSPS) is 11.1. The summed E-state index contributed by atoms with van der Waals surface area (Å²) in [6, 6.07) is 16.2. The molecule has 0 aliphatic carbocycles. The lowest BCUT2D eigenvalue weighted by Crippen LogP contribution is -2.07. The van der Waals surface area contributed by atoms with Crippen molar-refractivity contribution in [2.75, 3.05) is 19.5 Å². The van der Waals surface area contributed by atoms with Crippen molar-refractivity contribution < 1.29 is 9.47 Å². The van der Waals surface area contributed by atoms with Gasteiger partial charge in [0.25, 0.3) is 0 Å². The molecule has 24 heavy (non-hydrogen) atoms. The summed E-state index contributed by atoms with van der Waals surface area (Å²) < 4.78 is 13.3. The van der Waals surface area contributed by atoms with Crippen LogP contribution in [0.4, 0.5) is 0 Å². The van der Waals surface area contributed by atoms with Gasteiger partial charge in [-0.1, -0.05) is 43.0 Å². The summed E-state index contributed by atoms with van der Waals surface area (Å²) in [5.41, 5.74) is 3.36. The molecule has 0 saturated carbocycles. The molecule has 0 spiro atoms. The van der Waals surface area contributed by atoms with E-state index < -0.39 is 0 Å². The van der Waals surface area contributed by atoms with Crippen LogP contribution in [0.15, 0.2) is 53.7 Å². The average Bonchev–Trinajstić information content (AvgIpc) is 2.97. The molecule has 2 aromatic carbocycles. The summed E-state index contributed by atoms with van der Waals surface area (Å²) in [4.78, 5) is 4.71. The molecule has 0 atom stereocenters. The van der Waals surface area contributed by atoms with Crippen LogP contribution >= 0.6 is 11.8 Å². The fourth-order valence-corrected chi connectivity index (χ4v) is 3.34. The van der Waals surface area contributed by atoms with Crippen molar-refractivity contribution in [1.82, 2.24) is 9.55 Å². The molecular formula is C19H22N2O2S. The van der Waals surface area contributed by atoms with Gasteiger partial charge in [-0.3, -0.25) is 0 Å². The third-order valence-corrected chi connectivity index (χ3v) is 4.64. The van der Waals surface area contributed by atoms with Crippen LogP contribution in [-0.2, 0) is 17.9 Å². The van der Waals surface area contributed by atoms with Crippen LogP contribution in [0.2, 0.25) is 0 Å². The number of nitrogens with zero attached hydrogens (tertiary/aromatic N) is 2. The number of hydrogen-bond donors (Lipinski definition) is 0. The third-order valence-electron chi connectivity index (χ3n) is 3.78. The maximum atomic E-state index is 5.85. The Balaban J connectivity index is 1.61. The Morgan fingerprint density at radius 1 is 1.08 bits per heavy atom. The molecule has 0 bridgehead atoms. The summed E-state index contributed by atoms with van der Waals surface area (Å²) >= 11 is 1.77. The molecule has 3 aromatic rings. The van der Waals surface area contributed by atoms with Gasteiger partial charge in [-0.25, -0.2) is 4.98 Å². The smallest absolute Gasteiger partial charge is 0.169 e. The second kappa shape index (κ2) is 8.22. The van der Waals surface area contributed by atoms with E-state index in [4.69, 9.17) is 14.5 Å². The Kier molecular flexibility index (Phi) is 5.77. The average molecular weight is 342 g/mol. The first kappa shape index (κ1) is 16.9. The van der Waals surface area contributed by atoms with E-state index in [0.717, 1.165) is 34.3 Å². The number of ether oxygens (including phenoxy) is 2. The maximum absolute atomic E-state index is 5.85. The highest BCUT2D eigenvalue weighted by Crippen LogP contribution is 2.23. The van der Waals surface area contributed by atoms with E-state index in [0.29, 0.717) is 13.2 Å². The molecule has 0 radical (unpaired) electrons. The van der Waals surface area contributed by atoms with Gasteiger partial charge >= 0.3 is 0 Å². The van der Waals surface area contributed by atoms with Crippen LogP contribution in [0.1, 0.15) is 12.5 Å². The minimum Gasteiger partial charge on any atom is -0.497 e. The number of benzene rings is 2. The van der Waals surface area contributed by atoms with E-state index in [1.165, 1.54) is 5.52 Å². The second-order valence-electron chi connectivity index (χ2n) is 5.37. The van der Waals surface area contributed by atoms with Gasteiger partial charge in [-0.05, 0) is 35.6 Å². The summed E-state index contributed by atoms with van der Waals surface area (Å²) in [5.74, 6) is 1.88. The third kappa shape index (κ3) is 3.91. The highest BCUT2D eigenvalue weighted by molar-refractivity contribution is 7.99. The summed E-state index contributed by atoms with van der Waals surface area (Å²) in [7, 11) is 1.67. The molecule has 3 rings (SSSR count). The van der Waals surface area contributed by atoms with Crippen molar-refractivity contribution in [3.63, 3.8) is 0 Å². The van der Waals surface area contributed by atoms with Crippen LogP contribution in [0.3, 0.4) is 0 Å². The molecular weight excluding hydrogens is 320 g/mol. The minimum absolute atomic E-state index is 0.604. The Morgan fingerprint density at radius 2 is 1.88 bits per heavy atom. The zero-order chi connectivity index (χ0) is 16.8. The molecule has 4 nitrogen and oxygen atoms in total. The molecule has 0 saturated heterocycles. The van der Waals surface area contributed by atoms with Crippen LogP contribution in [0.5, 0.6) is 5.75 Å². The first-order valence-electron chi connectivity index (χ1n) is 8.10. The van der Waals surface area contributed by atoms with Gasteiger partial charge < -0.3 is 14.0 Å². The van der Waals surface area contributed by atoms with Gasteiger partial charge in [0.1, 0.15) is 5.75 Å². The van der Waals surface area contributed by atoms with Crippen molar-refractivity contribution in [2.24, 2.45) is 0 Å². The zero-order valence-corrected chi connectivity index (χ0v) is 14.9. The predicted octanol–water partition coefficient (Wildman–Crippen LogP) is 4.37. The highest BCUT2D eigenvalue weighted by atomic mass is 32.2. The fourth-order valence-electron chi connectivity index (χ4n) is 2.58. The minimum atomic E-state index is 0.604. The lowest BCUT2D eigenvalue weighted by molar-refractivity contribution is 0.112. The van der Waals surface area contributed by atoms with E-state index in [2.05, 4.69) is 29.7 Å². The zero-order valence-electron chi connectivity index (χ0n) is 14.1. The van der Waals surface area contributed by atoms with Crippen LogP contribution < -0.4 is 4.74 Å². The molecule has 5 heteroatoms. The van der Waals surface area contributed by atoms with E-state index >= 15 is 0 Å². The largest absolute Gasteiger partial charge is 0.497 e. The van der Waals surface area contributed by atoms with Gasteiger partial charge in [0.15, 0.2) is 5.16 Å². The number of rotatable bonds is 8. The van der Waals surface area contributed by atoms with Gasteiger partial charge in [0.05, 0.1) is 31.4 Å². The number of aromatic nitrogens is 2. The Morgan fingerprint density at radius 3 is 2.62 bits per heavy atom. The number of hydrogen-bond acceptors (Lipinski definition) is 4. The van der Waals surface area contributed by atoms with E-state index in [1.54, 1.807) is 18.9 Å². The second-order valence-corrected chi connectivity index (χ2v) is 6.60. The van der Waals surface area contributed by atoms with Gasteiger partial charge in [-0.2, -0.15) is 0 Å². The monoisotopic (exact) mass is 342 g/mol. The fraction of sp³-hybridized carbons (Fsp3) is 0.316. The van der Waals surface area contributed by atoms with Crippen LogP contribution in [0.25, 0.3) is 11.0 Å². The lowest BCUT2D eigenvalue weighted by Gasteiger charge is -2.09. The molecule has 0 fully saturated rings. The SMILES string of the molecule is CCSc1nc2ccccc2n1CCOCc1ccc(OC)cc1. The number of imidazole rings is 1. The molecule has 0 aliphatic rings. The number of para-hydroxylation sites is 2. The van der Waals surface area contributed by atoms with Crippen molar-refractivity contribution in [3.8, 4) is 5.75 Å². The summed E-state index contributed by atoms with van der Waals surface area (Å²) in [6.45, 7) is 4.21. The van der Waals surface area contributed by atoms with Crippen molar-refractivity contribution in [1.29, 1.82) is 0 Å². The standard InChI is InChI=1S/C19H22N2O2S/c1-3-24-19-20-17-6-4-5-7-18(17)21(19)12-13-23-14-15-8-10-16(22-2)11-9-15/h4-11H,3,12-14H2,1-2H3. The molecule has 1 aromatic heterocycles. The Hall–Kier alpha value is -1.98. The molecule has 0 amide bonds. The van der Waals surface area contributed by atoms with Gasteiger partial charge in [-0.15, -0.1) is 0 Å². The van der Waals surface area contributed by atoms with Crippen molar-refractivity contribution >= 4 is 22.8 Å². The van der Waals surface area contributed by atoms with Crippen LogP contribution in [0, 0.1) is 0 Å². The summed E-state index contributed by atoms with van der Waals surface area (Å²) in [5, 5.41) is 1.06. The Labute approximate surface area is 146 Å². The molecule has 0 unspecified atom stereocenters.